The van der Waals surface area contributed by atoms with Crippen LogP contribution in [0, 0.1) is 23.7 Å². The highest BCUT2D eigenvalue weighted by Gasteiger charge is 2.38. The molecule has 3 rings (SSSR count). The predicted molar refractivity (Wildman–Crippen MR) is 85.6 cm³/mol. The SMILES string of the molecule is CC1CC(C)C(CN2CCCC3CCCCC32)C(N)C1. The van der Waals surface area contributed by atoms with Crippen molar-refractivity contribution < 1.29 is 0 Å². The van der Waals surface area contributed by atoms with E-state index in [2.05, 4.69) is 18.7 Å². The summed E-state index contributed by atoms with van der Waals surface area (Å²) in [5.74, 6) is 3.40. The maximum atomic E-state index is 6.52. The van der Waals surface area contributed by atoms with Crippen LogP contribution in [0.5, 0.6) is 0 Å². The highest BCUT2D eigenvalue weighted by molar-refractivity contribution is 4.92. The molecule has 0 aromatic rings. The van der Waals surface area contributed by atoms with Crippen LogP contribution in [-0.2, 0) is 0 Å². The minimum absolute atomic E-state index is 0.442. The molecule has 6 atom stereocenters. The summed E-state index contributed by atoms with van der Waals surface area (Å²) in [6, 6.07) is 1.34. The first-order valence-electron chi connectivity index (χ1n) is 9.14. The number of hydrogen-bond donors (Lipinski definition) is 1. The van der Waals surface area contributed by atoms with Gasteiger partial charge in [-0.25, -0.2) is 0 Å². The number of hydrogen-bond acceptors (Lipinski definition) is 2. The Morgan fingerprint density at radius 1 is 1.00 bits per heavy atom. The third kappa shape index (κ3) is 3.06. The maximum Gasteiger partial charge on any atom is 0.0124 e. The molecule has 2 saturated carbocycles. The number of nitrogens with two attached hydrogens (primary N) is 1. The zero-order valence-corrected chi connectivity index (χ0v) is 13.6. The molecule has 6 unspecified atom stereocenters. The summed E-state index contributed by atoms with van der Waals surface area (Å²) < 4.78 is 0. The molecule has 0 bridgehead atoms. The average molecular weight is 278 g/mol. The molecular formula is C18H34N2. The van der Waals surface area contributed by atoms with Crippen molar-refractivity contribution in [2.75, 3.05) is 13.1 Å². The summed E-state index contributed by atoms with van der Waals surface area (Å²) in [5.41, 5.74) is 6.52. The zero-order valence-electron chi connectivity index (χ0n) is 13.6. The van der Waals surface area contributed by atoms with Crippen LogP contribution in [0.3, 0.4) is 0 Å². The lowest BCUT2D eigenvalue weighted by Crippen LogP contribution is -2.53. The molecule has 20 heavy (non-hydrogen) atoms. The molecule has 0 amide bonds. The van der Waals surface area contributed by atoms with E-state index in [0.717, 1.165) is 29.7 Å². The molecule has 0 aromatic carbocycles. The van der Waals surface area contributed by atoms with Gasteiger partial charge in [-0.3, -0.25) is 4.90 Å². The van der Waals surface area contributed by atoms with Gasteiger partial charge >= 0.3 is 0 Å². The molecule has 3 aliphatic rings. The van der Waals surface area contributed by atoms with E-state index in [4.69, 9.17) is 5.73 Å². The molecular weight excluding hydrogens is 244 g/mol. The quantitative estimate of drug-likeness (QED) is 0.835. The molecule has 0 radical (unpaired) electrons. The molecule has 1 saturated heterocycles. The second-order valence-electron chi connectivity index (χ2n) is 8.13. The molecule has 2 aliphatic carbocycles. The van der Waals surface area contributed by atoms with Gasteiger partial charge in [-0.15, -0.1) is 0 Å². The maximum absolute atomic E-state index is 6.52. The Kier molecular flexibility index (Phi) is 4.72. The molecule has 0 spiro atoms. The van der Waals surface area contributed by atoms with Crippen molar-refractivity contribution >= 4 is 0 Å². The molecule has 1 heterocycles. The van der Waals surface area contributed by atoms with E-state index < -0.39 is 0 Å². The molecule has 2 heteroatoms. The van der Waals surface area contributed by atoms with Crippen molar-refractivity contribution in [3.05, 3.63) is 0 Å². The Balaban J connectivity index is 1.63. The number of piperidine rings is 1. The van der Waals surface area contributed by atoms with Gasteiger partial charge in [0.15, 0.2) is 0 Å². The zero-order chi connectivity index (χ0) is 14.1. The van der Waals surface area contributed by atoms with Crippen LogP contribution >= 0.6 is 0 Å². The van der Waals surface area contributed by atoms with Gasteiger partial charge in [0.2, 0.25) is 0 Å². The van der Waals surface area contributed by atoms with Crippen molar-refractivity contribution in [3.8, 4) is 0 Å². The fourth-order valence-corrected chi connectivity index (χ4v) is 5.51. The molecule has 2 nitrogen and oxygen atoms in total. The Hall–Kier alpha value is -0.0800. The van der Waals surface area contributed by atoms with Crippen molar-refractivity contribution in [1.29, 1.82) is 0 Å². The third-order valence-corrected chi connectivity index (χ3v) is 6.53. The molecule has 1 aliphatic heterocycles. The molecule has 2 N–H and O–H groups in total. The van der Waals surface area contributed by atoms with Crippen LogP contribution in [0.1, 0.15) is 65.2 Å². The summed E-state index contributed by atoms with van der Waals surface area (Å²) >= 11 is 0. The highest BCUT2D eigenvalue weighted by Crippen LogP contribution is 2.38. The largest absolute Gasteiger partial charge is 0.327 e. The molecule has 3 fully saturated rings. The Morgan fingerprint density at radius 2 is 1.75 bits per heavy atom. The number of fused-ring (bicyclic) bond motifs is 1. The van der Waals surface area contributed by atoms with Gasteiger partial charge in [0, 0.05) is 18.6 Å². The topological polar surface area (TPSA) is 29.3 Å². The Bertz CT molecular complexity index is 303. The fraction of sp³-hybridized carbons (Fsp3) is 1.00. The first kappa shape index (κ1) is 14.8. The van der Waals surface area contributed by atoms with Gasteiger partial charge in [-0.05, 0) is 68.7 Å². The summed E-state index contributed by atoms with van der Waals surface area (Å²) in [4.78, 5) is 2.85. The first-order valence-corrected chi connectivity index (χ1v) is 9.14. The van der Waals surface area contributed by atoms with Crippen LogP contribution in [0.2, 0.25) is 0 Å². The molecule has 116 valence electrons. The fourth-order valence-electron chi connectivity index (χ4n) is 5.51. The van der Waals surface area contributed by atoms with Crippen molar-refractivity contribution in [2.24, 2.45) is 29.4 Å². The third-order valence-electron chi connectivity index (χ3n) is 6.53. The van der Waals surface area contributed by atoms with Gasteiger partial charge < -0.3 is 5.73 Å². The Morgan fingerprint density at radius 3 is 2.55 bits per heavy atom. The van der Waals surface area contributed by atoms with Gasteiger partial charge in [-0.1, -0.05) is 26.7 Å². The van der Waals surface area contributed by atoms with Gasteiger partial charge in [0.05, 0.1) is 0 Å². The van der Waals surface area contributed by atoms with Crippen LogP contribution in [0.4, 0.5) is 0 Å². The minimum atomic E-state index is 0.442. The van der Waals surface area contributed by atoms with Crippen LogP contribution in [-0.4, -0.2) is 30.1 Å². The lowest BCUT2D eigenvalue weighted by molar-refractivity contribution is 0.0245. The van der Waals surface area contributed by atoms with E-state index in [1.54, 1.807) is 0 Å². The standard InChI is InChI=1S/C18H34N2/c1-13-10-14(2)16(17(19)11-13)12-20-9-5-7-15-6-3-4-8-18(15)20/h13-18H,3-12,19H2,1-2H3. The van der Waals surface area contributed by atoms with Crippen molar-refractivity contribution in [2.45, 2.75) is 77.3 Å². The Labute approximate surface area is 125 Å². The van der Waals surface area contributed by atoms with E-state index in [0.29, 0.717) is 6.04 Å². The van der Waals surface area contributed by atoms with Crippen molar-refractivity contribution in [3.63, 3.8) is 0 Å². The van der Waals surface area contributed by atoms with E-state index in [1.807, 2.05) is 0 Å². The second kappa shape index (κ2) is 6.36. The van der Waals surface area contributed by atoms with Crippen LogP contribution in [0.25, 0.3) is 0 Å². The minimum Gasteiger partial charge on any atom is -0.327 e. The highest BCUT2D eigenvalue weighted by atomic mass is 15.2. The average Bonchev–Trinajstić information content (AvgIpc) is 2.43. The van der Waals surface area contributed by atoms with Crippen LogP contribution < -0.4 is 5.73 Å². The van der Waals surface area contributed by atoms with E-state index in [9.17, 15) is 0 Å². The second-order valence-corrected chi connectivity index (χ2v) is 8.13. The summed E-state index contributed by atoms with van der Waals surface area (Å²) in [7, 11) is 0. The summed E-state index contributed by atoms with van der Waals surface area (Å²) in [5, 5.41) is 0. The predicted octanol–water partition coefficient (Wildman–Crippen LogP) is 3.65. The van der Waals surface area contributed by atoms with E-state index in [1.165, 1.54) is 64.5 Å². The van der Waals surface area contributed by atoms with Gasteiger partial charge in [0.25, 0.3) is 0 Å². The summed E-state index contributed by atoms with van der Waals surface area (Å²) in [6.07, 6.45) is 11.4. The molecule has 0 aromatic heterocycles. The lowest BCUT2D eigenvalue weighted by atomic mass is 9.71. The van der Waals surface area contributed by atoms with Gasteiger partial charge in [0.1, 0.15) is 0 Å². The van der Waals surface area contributed by atoms with E-state index in [-0.39, 0.29) is 0 Å². The normalized spacial score (nSPS) is 47.0. The number of likely N-dealkylation sites (tertiary alicyclic amines) is 1. The number of nitrogens with zero attached hydrogens (tertiary/aromatic N) is 1. The summed E-state index contributed by atoms with van der Waals surface area (Å²) in [6.45, 7) is 7.45. The van der Waals surface area contributed by atoms with Gasteiger partial charge in [-0.2, -0.15) is 0 Å². The van der Waals surface area contributed by atoms with E-state index >= 15 is 0 Å². The first-order chi connectivity index (χ1) is 9.65. The number of rotatable bonds is 2. The smallest absolute Gasteiger partial charge is 0.0124 e. The lowest BCUT2D eigenvalue weighted by Gasteiger charge is -2.48. The monoisotopic (exact) mass is 278 g/mol. The van der Waals surface area contributed by atoms with Crippen LogP contribution in [0.15, 0.2) is 0 Å². The van der Waals surface area contributed by atoms with Crippen molar-refractivity contribution in [1.82, 2.24) is 4.90 Å².